The fourth-order valence-electron chi connectivity index (χ4n) is 1.72. The fraction of sp³-hybridized carbons (Fsp3) is 0.600. The molecule has 2 N–H and O–H groups in total. The minimum absolute atomic E-state index is 0.220. The van der Waals surface area contributed by atoms with E-state index in [4.69, 9.17) is 0 Å². The smallest absolute Gasteiger partial charge is 0.224 e. The predicted molar refractivity (Wildman–Crippen MR) is 59.0 cm³/mol. The van der Waals surface area contributed by atoms with E-state index in [2.05, 4.69) is 20.2 Å². The van der Waals surface area contributed by atoms with Crippen LogP contribution < -0.4 is 10.2 Å². The summed E-state index contributed by atoms with van der Waals surface area (Å²) in [5.74, 6) is 1.54. The van der Waals surface area contributed by atoms with Crippen LogP contribution in [-0.2, 0) is 0 Å². The largest absolute Gasteiger partial charge is 0.391 e. The van der Waals surface area contributed by atoms with Crippen LogP contribution in [-0.4, -0.2) is 40.8 Å². The molecule has 1 aliphatic rings. The second kappa shape index (κ2) is 4.44. The van der Waals surface area contributed by atoms with Crippen LogP contribution in [0.25, 0.3) is 0 Å². The normalized spacial score (nSPS) is 20.7. The van der Waals surface area contributed by atoms with Crippen LogP contribution in [0.15, 0.2) is 12.3 Å². The summed E-state index contributed by atoms with van der Waals surface area (Å²) < 4.78 is 0. The minimum atomic E-state index is -0.220. The molecule has 0 amide bonds. The van der Waals surface area contributed by atoms with Crippen molar-refractivity contribution in [2.75, 3.05) is 29.9 Å². The van der Waals surface area contributed by atoms with Crippen LogP contribution in [0.3, 0.4) is 0 Å². The maximum absolute atomic E-state index is 9.43. The topological polar surface area (TPSA) is 61.3 Å². The molecule has 0 spiro atoms. The standard InChI is InChI=1S/C10H16N4O/c1-2-11-10-12-5-3-9(13-10)14-6-4-8(15)7-14/h3,5,8,15H,2,4,6-7H2,1H3,(H,11,12,13)/t8-/m1/s1. The van der Waals surface area contributed by atoms with Crippen molar-refractivity contribution in [3.8, 4) is 0 Å². The third-order valence-electron chi connectivity index (χ3n) is 2.46. The van der Waals surface area contributed by atoms with Crippen molar-refractivity contribution in [1.82, 2.24) is 9.97 Å². The summed E-state index contributed by atoms with van der Waals surface area (Å²) in [5, 5.41) is 12.5. The van der Waals surface area contributed by atoms with Gasteiger partial charge in [-0.2, -0.15) is 4.98 Å². The maximum atomic E-state index is 9.43. The Hall–Kier alpha value is -1.36. The molecule has 0 aliphatic carbocycles. The van der Waals surface area contributed by atoms with Gasteiger partial charge in [0.25, 0.3) is 0 Å². The molecule has 5 nitrogen and oxygen atoms in total. The number of rotatable bonds is 3. The molecule has 0 saturated carbocycles. The number of aliphatic hydroxyl groups excluding tert-OH is 1. The van der Waals surface area contributed by atoms with Crippen LogP contribution in [0.1, 0.15) is 13.3 Å². The van der Waals surface area contributed by atoms with Crippen LogP contribution >= 0.6 is 0 Å². The summed E-state index contributed by atoms with van der Waals surface area (Å²) in [6.45, 7) is 4.36. The summed E-state index contributed by atoms with van der Waals surface area (Å²) in [5.41, 5.74) is 0. The van der Waals surface area contributed by atoms with Gasteiger partial charge in [0.15, 0.2) is 0 Å². The molecule has 1 aromatic heterocycles. The Morgan fingerprint density at radius 2 is 2.53 bits per heavy atom. The Morgan fingerprint density at radius 1 is 1.67 bits per heavy atom. The summed E-state index contributed by atoms with van der Waals surface area (Å²) in [4.78, 5) is 10.6. The van der Waals surface area contributed by atoms with E-state index >= 15 is 0 Å². The lowest BCUT2D eigenvalue weighted by atomic mass is 10.3. The van der Waals surface area contributed by atoms with Crippen molar-refractivity contribution < 1.29 is 5.11 Å². The summed E-state index contributed by atoms with van der Waals surface area (Å²) in [6.07, 6.45) is 2.34. The Balaban J connectivity index is 2.10. The van der Waals surface area contributed by atoms with Gasteiger partial charge in [-0.3, -0.25) is 0 Å². The van der Waals surface area contributed by atoms with Gasteiger partial charge in [-0.25, -0.2) is 4.98 Å². The third-order valence-corrected chi connectivity index (χ3v) is 2.46. The second-order valence-electron chi connectivity index (χ2n) is 3.66. The van der Waals surface area contributed by atoms with E-state index in [0.29, 0.717) is 12.5 Å². The van der Waals surface area contributed by atoms with E-state index < -0.39 is 0 Å². The van der Waals surface area contributed by atoms with Gasteiger partial charge in [0.2, 0.25) is 5.95 Å². The first-order chi connectivity index (χ1) is 7.29. The highest BCUT2D eigenvalue weighted by molar-refractivity contribution is 5.43. The molecule has 2 rings (SSSR count). The molecule has 0 radical (unpaired) electrons. The van der Waals surface area contributed by atoms with E-state index in [-0.39, 0.29) is 6.10 Å². The molecule has 82 valence electrons. The number of nitrogens with zero attached hydrogens (tertiary/aromatic N) is 3. The number of hydrogen-bond acceptors (Lipinski definition) is 5. The molecule has 1 aliphatic heterocycles. The van der Waals surface area contributed by atoms with Crippen molar-refractivity contribution in [2.24, 2.45) is 0 Å². The average molecular weight is 208 g/mol. The Bertz CT molecular complexity index is 331. The SMILES string of the molecule is CCNc1nccc(N2CC[C@@H](O)C2)n1. The number of anilines is 2. The Labute approximate surface area is 89.2 Å². The minimum Gasteiger partial charge on any atom is -0.391 e. The van der Waals surface area contributed by atoms with Gasteiger partial charge in [0.1, 0.15) is 5.82 Å². The summed E-state index contributed by atoms with van der Waals surface area (Å²) in [7, 11) is 0. The Morgan fingerprint density at radius 3 is 3.20 bits per heavy atom. The summed E-state index contributed by atoms with van der Waals surface area (Å²) >= 11 is 0. The lowest BCUT2D eigenvalue weighted by Crippen LogP contribution is -2.22. The predicted octanol–water partition coefficient (Wildman–Crippen LogP) is 0.479. The lowest BCUT2D eigenvalue weighted by molar-refractivity contribution is 0.198. The van der Waals surface area contributed by atoms with E-state index in [1.54, 1.807) is 6.20 Å². The van der Waals surface area contributed by atoms with Gasteiger partial charge in [0.05, 0.1) is 6.10 Å². The van der Waals surface area contributed by atoms with Gasteiger partial charge in [-0.1, -0.05) is 0 Å². The van der Waals surface area contributed by atoms with Crippen LogP contribution in [0.4, 0.5) is 11.8 Å². The van der Waals surface area contributed by atoms with Gasteiger partial charge >= 0.3 is 0 Å². The van der Waals surface area contributed by atoms with Crippen LogP contribution in [0.5, 0.6) is 0 Å². The van der Waals surface area contributed by atoms with E-state index in [9.17, 15) is 5.11 Å². The zero-order valence-electron chi connectivity index (χ0n) is 8.85. The lowest BCUT2D eigenvalue weighted by Gasteiger charge is -2.16. The Kier molecular flexibility index (Phi) is 3.01. The molecule has 1 aromatic rings. The van der Waals surface area contributed by atoms with E-state index in [1.807, 2.05) is 13.0 Å². The average Bonchev–Trinajstić information content (AvgIpc) is 2.66. The molecule has 1 fully saturated rings. The van der Waals surface area contributed by atoms with Gasteiger partial charge < -0.3 is 15.3 Å². The van der Waals surface area contributed by atoms with Gasteiger partial charge in [-0.15, -0.1) is 0 Å². The van der Waals surface area contributed by atoms with E-state index in [1.165, 1.54) is 0 Å². The molecular formula is C10H16N4O. The molecular weight excluding hydrogens is 192 g/mol. The molecule has 0 aromatic carbocycles. The first-order valence-corrected chi connectivity index (χ1v) is 5.29. The van der Waals surface area contributed by atoms with Crippen molar-refractivity contribution in [2.45, 2.75) is 19.4 Å². The molecule has 1 atom stereocenters. The third kappa shape index (κ3) is 2.36. The van der Waals surface area contributed by atoms with Crippen molar-refractivity contribution in [1.29, 1.82) is 0 Å². The highest BCUT2D eigenvalue weighted by Gasteiger charge is 2.21. The van der Waals surface area contributed by atoms with Crippen molar-refractivity contribution >= 4 is 11.8 Å². The molecule has 0 unspecified atom stereocenters. The number of aromatic nitrogens is 2. The zero-order chi connectivity index (χ0) is 10.7. The number of hydrogen-bond donors (Lipinski definition) is 2. The van der Waals surface area contributed by atoms with Gasteiger partial charge in [-0.05, 0) is 19.4 Å². The number of nitrogens with one attached hydrogen (secondary N) is 1. The highest BCUT2D eigenvalue weighted by atomic mass is 16.3. The van der Waals surface area contributed by atoms with Gasteiger partial charge in [0, 0.05) is 25.8 Å². The van der Waals surface area contributed by atoms with Crippen molar-refractivity contribution in [3.63, 3.8) is 0 Å². The zero-order valence-corrected chi connectivity index (χ0v) is 8.85. The molecule has 5 heteroatoms. The molecule has 0 bridgehead atoms. The van der Waals surface area contributed by atoms with Crippen LogP contribution in [0, 0.1) is 0 Å². The first-order valence-electron chi connectivity index (χ1n) is 5.29. The number of β-amino-alcohol motifs (C(OH)–C–C–N with tert-alkyl or cyclic N) is 1. The molecule has 15 heavy (non-hydrogen) atoms. The summed E-state index contributed by atoms with van der Waals surface area (Å²) in [6, 6.07) is 1.87. The molecule has 1 saturated heterocycles. The quantitative estimate of drug-likeness (QED) is 0.756. The second-order valence-corrected chi connectivity index (χ2v) is 3.66. The van der Waals surface area contributed by atoms with E-state index in [0.717, 1.165) is 25.3 Å². The van der Waals surface area contributed by atoms with Crippen molar-refractivity contribution in [3.05, 3.63) is 12.3 Å². The fourth-order valence-corrected chi connectivity index (χ4v) is 1.72. The number of aliphatic hydroxyl groups is 1. The van der Waals surface area contributed by atoms with Crippen LogP contribution in [0.2, 0.25) is 0 Å². The highest BCUT2D eigenvalue weighted by Crippen LogP contribution is 2.18. The monoisotopic (exact) mass is 208 g/mol. The molecule has 2 heterocycles. The first kappa shape index (κ1) is 10.2. The maximum Gasteiger partial charge on any atom is 0.224 e.